The van der Waals surface area contributed by atoms with Crippen LogP contribution in [0.4, 0.5) is 17.6 Å². The number of hydrogen-bond donors (Lipinski definition) is 1. The second-order valence-corrected chi connectivity index (χ2v) is 9.37. The molecule has 7 nitrogen and oxygen atoms in total. The van der Waals surface area contributed by atoms with Gasteiger partial charge < -0.3 is 15.0 Å². The highest BCUT2D eigenvalue weighted by Crippen LogP contribution is 2.63. The summed E-state index contributed by atoms with van der Waals surface area (Å²) in [5.74, 6) is -1.55. The molecule has 12 heteroatoms. The van der Waals surface area contributed by atoms with Crippen LogP contribution in [0.15, 0.2) is 18.2 Å². The van der Waals surface area contributed by atoms with Crippen molar-refractivity contribution < 1.29 is 41.4 Å². The fourth-order valence-corrected chi connectivity index (χ4v) is 4.99. The number of amides is 2. The molecule has 5 rings (SSSR count). The minimum atomic E-state index is -4.68. The van der Waals surface area contributed by atoms with Crippen LogP contribution < -0.4 is 5.32 Å². The van der Waals surface area contributed by atoms with Gasteiger partial charge in [-0.05, 0) is 37.5 Å². The zero-order valence-corrected chi connectivity index (χ0v) is 18.0. The third-order valence-electron chi connectivity index (χ3n) is 6.50. The number of carbonyl (C=O) groups is 3. The summed E-state index contributed by atoms with van der Waals surface area (Å²) in [5.41, 5.74) is -0.917. The normalized spacial score (nSPS) is 29.8. The average Bonchev–Trinajstić information content (AvgIpc) is 2.64. The van der Waals surface area contributed by atoms with Crippen molar-refractivity contribution in [2.45, 2.75) is 61.8 Å². The maximum absolute atomic E-state index is 13.6. The predicted molar refractivity (Wildman–Crippen MR) is 106 cm³/mol. The molecule has 2 amide bonds. The van der Waals surface area contributed by atoms with Gasteiger partial charge in [0.25, 0.3) is 0 Å². The molecule has 0 saturated heterocycles. The quantitative estimate of drug-likeness (QED) is 0.308. The van der Waals surface area contributed by atoms with Crippen LogP contribution in [-0.2, 0) is 19.1 Å². The molecule has 1 N–H and O–H groups in total. The molecule has 0 spiro atoms. The van der Waals surface area contributed by atoms with Crippen molar-refractivity contribution in [3.05, 3.63) is 34.6 Å². The van der Waals surface area contributed by atoms with E-state index in [4.69, 9.17) is 16.3 Å². The topological polar surface area (TPSA) is 84.9 Å². The Bertz CT molecular complexity index is 947. The number of ketones is 1. The first-order valence-corrected chi connectivity index (χ1v) is 10.7. The van der Waals surface area contributed by atoms with E-state index >= 15 is 0 Å². The second kappa shape index (κ2) is 8.52. The van der Waals surface area contributed by atoms with E-state index in [2.05, 4.69) is 10.1 Å². The molecule has 0 aliphatic heterocycles. The van der Waals surface area contributed by atoms with E-state index in [9.17, 15) is 31.9 Å². The lowest BCUT2D eigenvalue weighted by atomic mass is 9.43. The number of hydrogen-bond acceptors (Lipinski definition) is 5. The summed E-state index contributed by atoms with van der Waals surface area (Å²) in [5, 5.41) is 2.74. The summed E-state index contributed by atoms with van der Waals surface area (Å²) < 4.78 is 59.1. The molecule has 1 aromatic carbocycles. The molecule has 0 radical (unpaired) electrons. The van der Waals surface area contributed by atoms with E-state index in [1.807, 2.05) is 0 Å². The number of alkyl halides is 3. The Morgan fingerprint density at radius 3 is 2.45 bits per heavy atom. The molecule has 1 aromatic rings. The smallest absolute Gasteiger partial charge is 0.368 e. The SMILES string of the molecule is O=CN(CC(=O)c1ccc(Cl)c(F)c1)C12CC(NC(=O)COC3CC(OC(F)(F)F)C3)(C1)C2. The van der Waals surface area contributed by atoms with Crippen molar-refractivity contribution in [3.63, 3.8) is 0 Å². The number of benzene rings is 1. The first kappa shape index (κ1) is 23.9. The van der Waals surface area contributed by atoms with Gasteiger partial charge in [0.05, 0.1) is 23.8 Å². The molecule has 2 bridgehead atoms. The fraction of sp³-hybridized carbons (Fsp3) is 0.571. The number of carbonyl (C=O) groups excluding carboxylic acids is 3. The molecular weight excluding hydrogens is 472 g/mol. The Morgan fingerprint density at radius 1 is 1.21 bits per heavy atom. The van der Waals surface area contributed by atoms with Crippen LogP contribution in [0, 0.1) is 5.82 Å². The molecular formula is C21H21ClF4N2O5. The average molecular weight is 493 g/mol. The van der Waals surface area contributed by atoms with E-state index < -0.39 is 47.2 Å². The Kier molecular flexibility index (Phi) is 6.17. The standard InChI is InChI=1S/C21H21ClF4N2O5/c22-15-2-1-12(3-16(15)23)17(30)6-28(11-29)20-8-19(9-20,10-20)27-18(31)7-32-13-4-14(5-13)33-21(24,25)26/h1-3,11,13-14H,4-10H2,(H,27,31). The Balaban J connectivity index is 1.19. The van der Waals surface area contributed by atoms with Crippen LogP contribution in [-0.4, -0.2) is 65.8 Å². The van der Waals surface area contributed by atoms with Gasteiger partial charge in [-0.15, -0.1) is 13.2 Å². The summed E-state index contributed by atoms with van der Waals surface area (Å²) in [7, 11) is 0. The summed E-state index contributed by atoms with van der Waals surface area (Å²) in [4.78, 5) is 37.6. The zero-order valence-electron chi connectivity index (χ0n) is 17.3. The van der Waals surface area contributed by atoms with Crippen molar-refractivity contribution in [1.82, 2.24) is 10.2 Å². The summed E-state index contributed by atoms with van der Waals surface area (Å²) in [6.07, 6.45) is -3.96. The van der Waals surface area contributed by atoms with Gasteiger partial charge >= 0.3 is 6.36 Å². The van der Waals surface area contributed by atoms with Crippen molar-refractivity contribution in [2.75, 3.05) is 13.2 Å². The highest BCUT2D eigenvalue weighted by atomic mass is 35.5. The van der Waals surface area contributed by atoms with Gasteiger partial charge in [-0.25, -0.2) is 4.39 Å². The third kappa shape index (κ3) is 4.99. The van der Waals surface area contributed by atoms with E-state index in [1.165, 1.54) is 17.0 Å². The number of nitrogens with zero attached hydrogens (tertiary/aromatic N) is 1. The number of rotatable bonds is 10. The highest BCUT2D eigenvalue weighted by Gasteiger charge is 2.71. The molecule has 180 valence electrons. The van der Waals surface area contributed by atoms with Crippen LogP contribution in [0.3, 0.4) is 0 Å². The predicted octanol–water partition coefficient (Wildman–Crippen LogP) is 3.00. The number of Topliss-reactive ketones (excluding diaryl/α,β-unsaturated/α-hetero) is 1. The molecule has 33 heavy (non-hydrogen) atoms. The van der Waals surface area contributed by atoms with Crippen molar-refractivity contribution in [2.24, 2.45) is 0 Å². The molecule has 4 aliphatic carbocycles. The van der Waals surface area contributed by atoms with Crippen LogP contribution in [0.25, 0.3) is 0 Å². The molecule has 0 heterocycles. The van der Waals surface area contributed by atoms with Crippen LogP contribution in [0.2, 0.25) is 5.02 Å². The Hall–Kier alpha value is -2.24. The van der Waals surface area contributed by atoms with Gasteiger partial charge in [-0.1, -0.05) is 11.6 Å². The van der Waals surface area contributed by atoms with Gasteiger partial charge in [0, 0.05) is 29.5 Å². The maximum Gasteiger partial charge on any atom is 0.522 e. The van der Waals surface area contributed by atoms with Crippen LogP contribution in [0.1, 0.15) is 42.5 Å². The minimum Gasteiger partial charge on any atom is -0.368 e. The monoisotopic (exact) mass is 492 g/mol. The van der Waals surface area contributed by atoms with Gasteiger partial charge in [-0.3, -0.25) is 19.1 Å². The largest absolute Gasteiger partial charge is 0.522 e. The molecule has 0 unspecified atom stereocenters. The third-order valence-corrected chi connectivity index (χ3v) is 6.81. The van der Waals surface area contributed by atoms with Crippen LogP contribution in [0.5, 0.6) is 0 Å². The van der Waals surface area contributed by atoms with E-state index in [0.717, 1.165) is 6.07 Å². The molecule has 0 aromatic heterocycles. The van der Waals surface area contributed by atoms with Crippen LogP contribution >= 0.6 is 11.6 Å². The molecule has 4 fully saturated rings. The van der Waals surface area contributed by atoms with Crippen molar-refractivity contribution in [1.29, 1.82) is 0 Å². The van der Waals surface area contributed by atoms with Crippen molar-refractivity contribution in [3.8, 4) is 0 Å². The summed E-state index contributed by atoms with van der Waals surface area (Å²) in [6.45, 7) is -0.503. The molecule has 0 atom stereocenters. The fourth-order valence-electron chi connectivity index (χ4n) is 4.87. The molecule has 4 saturated carbocycles. The van der Waals surface area contributed by atoms with Crippen molar-refractivity contribution >= 4 is 29.7 Å². The lowest BCUT2D eigenvalue weighted by Gasteiger charge is -2.72. The number of ether oxygens (including phenoxy) is 2. The number of nitrogens with one attached hydrogen (secondary N) is 1. The van der Waals surface area contributed by atoms with Gasteiger partial charge in [0.2, 0.25) is 12.3 Å². The van der Waals surface area contributed by atoms with E-state index in [1.54, 1.807) is 0 Å². The van der Waals surface area contributed by atoms with Gasteiger partial charge in [-0.2, -0.15) is 0 Å². The Morgan fingerprint density at radius 2 is 1.88 bits per heavy atom. The first-order valence-electron chi connectivity index (χ1n) is 10.3. The van der Waals surface area contributed by atoms with Gasteiger partial charge in [0.15, 0.2) is 5.78 Å². The minimum absolute atomic E-state index is 0.0703. The number of halogens is 5. The zero-order chi connectivity index (χ0) is 24.0. The molecule has 4 aliphatic rings. The second-order valence-electron chi connectivity index (χ2n) is 8.96. The van der Waals surface area contributed by atoms with Gasteiger partial charge in [0.1, 0.15) is 12.4 Å². The lowest BCUT2D eigenvalue weighted by molar-refractivity contribution is -0.357. The van der Waals surface area contributed by atoms with E-state index in [-0.39, 0.29) is 36.6 Å². The lowest BCUT2D eigenvalue weighted by Crippen LogP contribution is -2.84. The Labute approximate surface area is 191 Å². The summed E-state index contributed by atoms with van der Waals surface area (Å²) >= 11 is 5.62. The first-order chi connectivity index (χ1) is 15.4. The summed E-state index contributed by atoms with van der Waals surface area (Å²) in [6, 6.07) is 3.69. The highest BCUT2D eigenvalue weighted by molar-refractivity contribution is 6.30. The maximum atomic E-state index is 13.6. The van der Waals surface area contributed by atoms with E-state index in [0.29, 0.717) is 25.7 Å².